The predicted molar refractivity (Wildman–Crippen MR) is 88.9 cm³/mol. The second kappa shape index (κ2) is 7.04. The lowest BCUT2D eigenvalue weighted by atomic mass is 9.94. The summed E-state index contributed by atoms with van der Waals surface area (Å²) in [5.41, 5.74) is -0.0394. The molecule has 2 atom stereocenters. The Labute approximate surface area is 137 Å². The zero-order valence-electron chi connectivity index (χ0n) is 14.0. The lowest BCUT2D eigenvalue weighted by molar-refractivity contribution is -0.133. The number of aliphatic hydroxyl groups excluding tert-OH is 1. The maximum atomic E-state index is 12.5. The van der Waals surface area contributed by atoms with Crippen molar-refractivity contribution in [2.75, 3.05) is 18.9 Å². The smallest absolute Gasteiger partial charge is 0.233 e. The molecule has 2 unspecified atom stereocenters. The first-order valence-electron chi connectivity index (χ1n) is 7.90. The molecule has 1 fully saturated rings. The van der Waals surface area contributed by atoms with Crippen LogP contribution in [0.5, 0.6) is 0 Å². The summed E-state index contributed by atoms with van der Waals surface area (Å²) in [7, 11) is 0. The zero-order valence-corrected chi connectivity index (χ0v) is 14.8. The molecular weight excluding hydrogens is 298 g/mol. The fourth-order valence-corrected chi connectivity index (χ4v) is 3.82. The van der Waals surface area contributed by atoms with Crippen molar-refractivity contribution in [3.05, 3.63) is 12.4 Å². The number of nitrogens with zero attached hydrogens (tertiary/aromatic N) is 3. The van der Waals surface area contributed by atoms with E-state index in [0.29, 0.717) is 12.3 Å². The second-order valence-electron chi connectivity index (χ2n) is 7.06. The summed E-state index contributed by atoms with van der Waals surface area (Å²) in [5, 5.41) is 10.2. The van der Waals surface area contributed by atoms with Crippen molar-refractivity contribution in [3.8, 4) is 0 Å². The van der Waals surface area contributed by atoms with E-state index >= 15 is 0 Å². The number of carbonyl (C=O) groups excluding carboxylic acids is 1. The van der Waals surface area contributed by atoms with E-state index in [9.17, 15) is 9.90 Å². The number of hydrogen-bond acceptors (Lipinski definition) is 4. The van der Waals surface area contributed by atoms with Gasteiger partial charge < -0.3 is 14.6 Å². The first kappa shape index (κ1) is 17.3. The topological polar surface area (TPSA) is 58.4 Å². The summed E-state index contributed by atoms with van der Waals surface area (Å²) in [6, 6.07) is 0.262. The molecule has 1 saturated heterocycles. The van der Waals surface area contributed by atoms with Gasteiger partial charge in [0.05, 0.1) is 5.75 Å². The van der Waals surface area contributed by atoms with Crippen molar-refractivity contribution in [1.82, 2.24) is 14.5 Å². The van der Waals surface area contributed by atoms with Gasteiger partial charge in [0.25, 0.3) is 0 Å². The number of aromatic nitrogens is 2. The summed E-state index contributed by atoms with van der Waals surface area (Å²) in [5.74, 6) is 0.760. The van der Waals surface area contributed by atoms with Gasteiger partial charge in [0, 0.05) is 37.1 Å². The van der Waals surface area contributed by atoms with Crippen LogP contribution in [0.1, 0.15) is 40.5 Å². The maximum Gasteiger partial charge on any atom is 0.233 e. The molecule has 2 heterocycles. The van der Waals surface area contributed by atoms with Crippen molar-refractivity contribution in [1.29, 1.82) is 0 Å². The molecule has 1 aromatic heterocycles. The van der Waals surface area contributed by atoms with E-state index in [1.165, 1.54) is 11.8 Å². The number of carbonyl (C=O) groups is 1. The minimum absolute atomic E-state index is 0.0394. The molecular formula is C16H27N3O2S. The monoisotopic (exact) mass is 325 g/mol. The second-order valence-corrected chi connectivity index (χ2v) is 8.00. The summed E-state index contributed by atoms with van der Waals surface area (Å²) >= 11 is 1.49. The number of thioether (sulfide) groups is 1. The highest BCUT2D eigenvalue weighted by molar-refractivity contribution is 7.99. The Bertz CT molecular complexity index is 510. The maximum absolute atomic E-state index is 12.5. The van der Waals surface area contributed by atoms with E-state index in [2.05, 4.69) is 37.2 Å². The number of piperidine rings is 1. The van der Waals surface area contributed by atoms with E-state index in [1.54, 1.807) is 6.20 Å². The minimum Gasteiger partial charge on any atom is -0.396 e. The third-order valence-electron chi connectivity index (χ3n) is 4.21. The van der Waals surface area contributed by atoms with Crippen LogP contribution in [-0.2, 0) is 10.3 Å². The van der Waals surface area contributed by atoms with Gasteiger partial charge >= 0.3 is 0 Å². The van der Waals surface area contributed by atoms with Gasteiger partial charge in [0.1, 0.15) is 0 Å². The van der Waals surface area contributed by atoms with Gasteiger partial charge in [0.15, 0.2) is 5.16 Å². The molecule has 5 nitrogen and oxygen atoms in total. The SMILES string of the molecule is CC1CCC(CO)CN1C(=O)CSc1nccn1C(C)(C)C. The third kappa shape index (κ3) is 4.04. The average molecular weight is 325 g/mol. The Hall–Kier alpha value is -1.01. The van der Waals surface area contributed by atoms with Crippen molar-refractivity contribution >= 4 is 17.7 Å². The normalized spacial score (nSPS) is 22.9. The van der Waals surface area contributed by atoms with Crippen LogP contribution in [0.4, 0.5) is 0 Å². The van der Waals surface area contributed by atoms with E-state index < -0.39 is 0 Å². The van der Waals surface area contributed by atoms with E-state index in [0.717, 1.165) is 18.0 Å². The molecule has 1 N–H and O–H groups in total. The molecule has 0 aliphatic carbocycles. The van der Waals surface area contributed by atoms with Gasteiger partial charge in [-0.2, -0.15) is 0 Å². The minimum atomic E-state index is -0.0394. The van der Waals surface area contributed by atoms with Gasteiger partial charge in [-0.25, -0.2) is 4.98 Å². The Morgan fingerprint density at radius 1 is 1.45 bits per heavy atom. The van der Waals surface area contributed by atoms with Crippen LogP contribution in [0, 0.1) is 5.92 Å². The summed E-state index contributed by atoms with van der Waals surface area (Å²) in [6.45, 7) is 9.30. The molecule has 0 radical (unpaired) electrons. The molecule has 1 aromatic rings. The lowest BCUT2D eigenvalue weighted by Gasteiger charge is -2.37. The molecule has 0 spiro atoms. The van der Waals surface area contributed by atoms with Crippen molar-refractivity contribution in [2.45, 2.75) is 57.3 Å². The van der Waals surface area contributed by atoms with Gasteiger partial charge in [-0.3, -0.25) is 4.79 Å². The van der Waals surface area contributed by atoms with Gasteiger partial charge in [-0.05, 0) is 46.5 Å². The lowest BCUT2D eigenvalue weighted by Crippen LogP contribution is -2.47. The number of rotatable bonds is 4. The molecule has 22 heavy (non-hydrogen) atoms. The first-order chi connectivity index (χ1) is 10.3. The standard InChI is InChI=1S/C16H27N3O2S/c1-12-5-6-13(10-20)9-18(12)14(21)11-22-15-17-7-8-19(15)16(2,3)4/h7-8,12-13,20H,5-6,9-11H2,1-4H3. The quantitative estimate of drug-likeness (QED) is 0.863. The van der Waals surface area contributed by atoms with Crippen LogP contribution in [-0.4, -0.2) is 50.4 Å². The molecule has 0 bridgehead atoms. The van der Waals surface area contributed by atoms with Gasteiger partial charge in [0.2, 0.25) is 5.91 Å². The zero-order chi connectivity index (χ0) is 16.3. The molecule has 0 aromatic carbocycles. The van der Waals surface area contributed by atoms with E-state index in [4.69, 9.17) is 0 Å². The molecule has 1 amide bonds. The Morgan fingerprint density at radius 2 is 2.18 bits per heavy atom. The fourth-order valence-electron chi connectivity index (χ4n) is 2.80. The summed E-state index contributed by atoms with van der Waals surface area (Å²) in [6.07, 6.45) is 5.71. The Kier molecular flexibility index (Phi) is 5.55. The third-order valence-corrected chi connectivity index (χ3v) is 5.16. The molecule has 124 valence electrons. The Morgan fingerprint density at radius 3 is 2.82 bits per heavy atom. The van der Waals surface area contributed by atoms with Crippen LogP contribution in [0.15, 0.2) is 17.6 Å². The highest BCUT2D eigenvalue weighted by Crippen LogP contribution is 2.26. The predicted octanol–water partition coefficient (Wildman–Crippen LogP) is 2.35. The highest BCUT2D eigenvalue weighted by atomic mass is 32.2. The average Bonchev–Trinajstić information content (AvgIpc) is 2.94. The summed E-state index contributed by atoms with van der Waals surface area (Å²) < 4.78 is 2.10. The van der Waals surface area contributed by atoms with Crippen LogP contribution < -0.4 is 0 Å². The van der Waals surface area contributed by atoms with Crippen molar-refractivity contribution < 1.29 is 9.90 Å². The van der Waals surface area contributed by atoms with Gasteiger partial charge in [-0.1, -0.05) is 11.8 Å². The highest BCUT2D eigenvalue weighted by Gasteiger charge is 2.29. The Balaban J connectivity index is 1.97. The fraction of sp³-hybridized carbons (Fsp3) is 0.750. The number of likely N-dealkylation sites (tertiary alicyclic amines) is 1. The summed E-state index contributed by atoms with van der Waals surface area (Å²) in [4.78, 5) is 18.8. The largest absolute Gasteiger partial charge is 0.396 e. The number of aliphatic hydroxyl groups is 1. The van der Waals surface area contributed by atoms with E-state index in [1.807, 2.05) is 11.1 Å². The van der Waals surface area contributed by atoms with E-state index in [-0.39, 0.29) is 30.0 Å². The van der Waals surface area contributed by atoms with Crippen LogP contribution in [0.25, 0.3) is 0 Å². The van der Waals surface area contributed by atoms with Crippen molar-refractivity contribution in [3.63, 3.8) is 0 Å². The number of amides is 1. The molecule has 1 aliphatic heterocycles. The van der Waals surface area contributed by atoms with Crippen LogP contribution in [0.3, 0.4) is 0 Å². The number of hydrogen-bond donors (Lipinski definition) is 1. The molecule has 2 rings (SSSR count). The van der Waals surface area contributed by atoms with Gasteiger partial charge in [-0.15, -0.1) is 0 Å². The number of imidazole rings is 1. The van der Waals surface area contributed by atoms with Crippen LogP contribution >= 0.6 is 11.8 Å². The molecule has 0 saturated carbocycles. The van der Waals surface area contributed by atoms with Crippen LogP contribution in [0.2, 0.25) is 0 Å². The molecule has 1 aliphatic rings. The first-order valence-corrected chi connectivity index (χ1v) is 8.88. The molecule has 6 heteroatoms. The van der Waals surface area contributed by atoms with Crippen molar-refractivity contribution in [2.24, 2.45) is 5.92 Å².